The summed E-state index contributed by atoms with van der Waals surface area (Å²) in [7, 11) is 0. The van der Waals surface area contributed by atoms with E-state index in [9.17, 15) is 0 Å². The van der Waals surface area contributed by atoms with Crippen molar-refractivity contribution in [2.24, 2.45) is 0 Å². The van der Waals surface area contributed by atoms with Crippen LogP contribution in [-0.4, -0.2) is 0 Å². The zero-order valence-corrected chi connectivity index (χ0v) is 32.5. The molecular formula is C57H36S. The van der Waals surface area contributed by atoms with Crippen molar-refractivity contribution in [3.63, 3.8) is 0 Å². The van der Waals surface area contributed by atoms with E-state index in [1.54, 1.807) is 0 Å². The second kappa shape index (κ2) is 13.3. The van der Waals surface area contributed by atoms with Gasteiger partial charge >= 0.3 is 0 Å². The first-order chi connectivity index (χ1) is 28.7. The first-order valence-corrected chi connectivity index (χ1v) is 20.9. The minimum Gasteiger partial charge on any atom is -0.134 e. The summed E-state index contributed by atoms with van der Waals surface area (Å²) in [6, 6.07) is 79.2. The van der Waals surface area contributed by atoms with Crippen LogP contribution in [0.2, 0.25) is 0 Å². The van der Waals surface area contributed by atoms with Crippen LogP contribution in [0.25, 0.3) is 96.3 Å². The molecule has 1 heteroatoms. The van der Waals surface area contributed by atoms with E-state index in [0.717, 1.165) is 0 Å². The summed E-state index contributed by atoms with van der Waals surface area (Å²) in [5.41, 5.74) is 8.92. The van der Waals surface area contributed by atoms with Gasteiger partial charge in [0.15, 0.2) is 0 Å². The third kappa shape index (κ3) is 5.35. The van der Waals surface area contributed by atoms with E-state index >= 15 is 0 Å². The Labute approximate surface area is 340 Å². The van der Waals surface area contributed by atoms with Crippen LogP contribution in [-0.2, 0) is 0 Å². The summed E-state index contributed by atoms with van der Waals surface area (Å²) >= 11 is 1.94. The molecule has 0 nitrogen and oxygen atoms in total. The number of hydrogen-bond acceptors (Lipinski definition) is 1. The lowest BCUT2D eigenvalue weighted by Crippen LogP contribution is -2.04. The standard InChI is InChI=1S/C57H36S/c1-2-11-36(12-3-1)39-23-24-41-32-44(28-25-40(41)31-39)55(53-20-10-19-51-52-30-29-38-13-4-7-16-48(38)56(52)58-57(51)53)45-27-22-37-21-26-43(33-46(37)34-45)54-35-42-14-5-6-15-47(42)49-17-8-9-18-50(49)54/h1-35,55H. The Balaban J connectivity index is 1.07. The SMILES string of the molecule is c1ccc(-c2ccc3cc(C(c4ccc5ccc(-c6cc7ccccc7c7ccccc67)cc5c4)c4cccc5c4sc4c6ccccc6ccc54)ccc3c2)cc1. The number of rotatable bonds is 5. The van der Waals surface area contributed by atoms with Crippen molar-refractivity contribution in [1.29, 1.82) is 0 Å². The highest BCUT2D eigenvalue weighted by atomic mass is 32.1. The number of benzene rings is 11. The smallest absolute Gasteiger partial charge is 0.0433 e. The maximum Gasteiger partial charge on any atom is 0.0433 e. The van der Waals surface area contributed by atoms with E-state index in [1.807, 2.05) is 11.3 Å². The Morgan fingerprint density at radius 2 is 0.862 bits per heavy atom. The first-order valence-electron chi connectivity index (χ1n) is 20.1. The fourth-order valence-corrected chi connectivity index (χ4v) is 10.9. The molecule has 0 fully saturated rings. The highest BCUT2D eigenvalue weighted by Crippen LogP contribution is 2.46. The molecule has 1 unspecified atom stereocenters. The average molecular weight is 753 g/mol. The molecule has 12 rings (SSSR count). The molecule has 0 spiro atoms. The molecule has 58 heavy (non-hydrogen) atoms. The Bertz CT molecular complexity index is 3570. The van der Waals surface area contributed by atoms with Crippen LogP contribution in [0.4, 0.5) is 0 Å². The molecule has 0 amide bonds. The molecule has 270 valence electrons. The summed E-state index contributed by atoms with van der Waals surface area (Å²) in [6.07, 6.45) is 0. The van der Waals surface area contributed by atoms with Gasteiger partial charge in [-0.25, -0.2) is 0 Å². The second-order valence-electron chi connectivity index (χ2n) is 15.6. The van der Waals surface area contributed by atoms with Crippen LogP contribution in [0.5, 0.6) is 0 Å². The largest absolute Gasteiger partial charge is 0.134 e. The molecule has 0 bridgehead atoms. The van der Waals surface area contributed by atoms with E-state index in [1.165, 1.54) is 113 Å². The lowest BCUT2D eigenvalue weighted by atomic mass is 9.82. The van der Waals surface area contributed by atoms with Gasteiger partial charge in [0.1, 0.15) is 0 Å². The summed E-state index contributed by atoms with van der Waals surface area (Å²) in [4.78, 5) is 0. The second-order valence-corrected chi connectivity index (χ2v) is 16.6. The topological polar surface area (TPSA) is 0 Å². The molecule has 0 saturated heterocycles. The van der Waals surface area contributed by atoms with Crippen LogP contribution in [0.3, 0.4) is 0 Å². The van der Waals surface area contributed by atoms with Crippen molar-refractivity contribution < 1.29 is 0 Å². The fraction of sp³-hybridized carbons (Fsp3) is 0.0175. The molecule has 0 aliphatic rings. The van der Waals surface area contributed by atoms with Crippen LogP contribution in [0, 0.1) is 0 Å². The Hall–Kier alpha value is -7.06. The highest BCUT2D eigenvalue weighted by Gasteiger charge is 2.23. The fourth-order valence-electron chi connectivity index (χ4n) is 9.49. The van der Waals surface area contributed by atoms with Crippen molar-refractivity contribution in [3.05, 3.63) is 229 Å². The van der Waals surface area contributed by atoms with E-state index in [0.29, 0.717) is 0 Å². The Morgan fingerprint density at radius 3 is 1.72 bits per heavy atom. The van der Waals surface area contributed by atoms with Crippen LogP contribution >= 0.6 is 11.3 Å². The third-order valence-electron chi connectivity index (χ3n) is 12.3. The predicted octanol–water partition coefficient (Wildman–Crippen LogP) is 16.3. The van der Waals surface area contributed by atoms with Gasteiger partial charge in [-0.2, -0.15) is 0 Å². The quantitative estimate of drug-likeness (QED) is 0.121. The lowest BCUT2D eigenvalue weighted by molar-refractivity contribution is 0.998. The molecule has 0 saturated carbocycles. The van der Waals surface area contributed by atoms with Gasteiger partial charge in [-0.15, -0.1) is 11.3 Å². The summed E-state index contributed by atoms with van der Waals surface area (Å²) in [5.74, 6) is 0.0239. The van der Waals surface area contributed by atoms with Gasteiger partial charge < -0.3 is 0 Å². The minimum atomic E-state index is 0.0239. The zero-order chi connectivity index (χ0) is 38.2. The van der Waals surface area contributed by atoms with Crippen molar-refractivity contribution in [3.8, 4) is 22.3 Å². The van der Waals surface area contributed by atoms with E-state index in [2.05, 4.69) is 212 Å². The number of fused-ring (bicyclic) bond motifs is 10. The first kappa shape index (κ1) is 33.1. The van der Waals surface area contributed by atoms with E-state index in [-0.39, 0.29) is 5.92 Å². The average Bonchev–Trinajstić information content (AvgIpc) is 3.69. The van der Waals surface area contributed by atoms with Gasteiger partial charge in [-0.05, 0) is 111 Å². The van der Waals surface area contributed by atoms with Crippen LogP contribution in [0.1, 0.15) is 22.6 Å². The molecule has 11 aromatic carbocycles. The van der Waals surface area contributed by atoms with Gasteiger partial charge in [0, 0.05) is 26.1 Å². The summed E-state index contributed by atoms with van der Waals surface area (Å²) in [6.45, 7) is 0. The molecule has 1 aromatic heterocycles. The maximum absolute atomic E-state index is 2.46. The molecule has 1 heterocycles. The van der Waals surface area contributed by atoms with Crippen molar-refractivity contribution in [1.82, 2.24) is 0 Å². The summed E-state index contributed by atoms with van der Waals surface area (Å²) < 4.78 is 2.71. The number of thiophene rings is 1. The lowest BCUT2D eigenvalue weighted by Gasteiger charge is -2.21. The van der Waals surface area contributed by atoms with Gasteiger partial charge in [-0.1, -0.05) is 194 Å². The molecule has 0 aliphatic carbocycles. The molecule has 0 radical (unpaired) electrons. The van der Waals surface area contributed by atoms with Gasteiger partial charge in [0.2, 0.25) is 0 Å². The van der Waals surface area contributed by atoms with Gasteiger partial charge in [0.25, 0.3) is 0 Å². The van der Waals surface area contributed by atoms with Crippen molar-refractivity contribution in [2.45, 2.75) is 5.92 Å². The van der Waals surface area contributed by atoms with Crippen molar-refractivity contribution in [2.75, 3.05) is 0 Å². The van der Waals surface area contributed by atoms with Crippen LogP contribution < -0.4 is 0 Å². The zero-order valence-electron chi connectivity index (χ0n) is 31.7. The van der Waals surface area contributed by atoms with Gasteiger partial charge in [-0.3, -0.25) is 0 Å². The molecule has 0 N–H and O–H groups in total. The van der Waals surface area contributed by atoms with Crippen molar-refractivity contribution >= 4 is 85.4 Å². The molecular weight excluding hydrogens is 717 g/mol. The number of hydrogen-bond donors (Lipinski definition) is 0. The maximum atomic E-state index is 2.46. The highest BCUT2D eigenvalue weighted by molar-refractivity contribution is 7.27. The molecule has 12 aromatic rings. The molecule has 0 aliphatic heterocycles. The third-order valence-corrected chi connectivity index (χ3v) is 13.6. The monoisotopic (exact) mass is 752 g/mol. The predicted molar refractivity (Wildman–Crippen MR) is 252 cm³/mol. The van der Waals surface area contributed by atoms with E-state index in [4.69, 9.17) is 0 Å². The summed E-state index contributed by atoms with van der Waals surface area (Å²) in [5, 5.41) is 15.4. The minimum absolute atomic E-state index is 0.0239. The van der Waals surface area contributed by atoms with Crippen LogP contribution in [0.15, 0.2) is 212 Å². The molecule has 1 atom stereocenters. The van der Waals surface area contributed by atoms with Gasteiger partial charge in [0.05, 0.1) is 0 Å². The van der Waals surface area contributed by atoms with E-state index < -0.39 is 0 Å². The Kier molecular flexibility index (Phi) is 7.58. The normalized spacial score (nSPS) is 12.4. The Morgan fingerprint density at radius 1 is 0.276 bits per heavy atom.